The number of aromatic nitrogens is 2. The van der Waals surface area contributed by atoms with Crippen molar-refractivity contribution in [1.82, 2.24) is 9.55 Å². The first-order valence-corrected chi connectivity index (χ1v) is 5.28. The highest BCUT2D eigenvalue weighted by molar-refractivity contribution is 4.97. The maximum absolute atomic E-state index is 10.1. The first-order chi connectivity index (χ1) is 6.59. The predicted molar refractivity (Wildman–Crippen MR) is 54.9 cm³/mol. The summed E-state index contributed by atoms with van der Waals surface area (Å²) in [5.74, 6) is 1.59. The van der Waals surface area contributed by atoms with E-state index in [2.05, 4.69) is 4.98 Å². The van der Waals surface area contributed by atoms with Crippen molar-refractivity contribution in [2.24, 2.45) is 13.0 Å². The van der Waals surface area contributed by atoms with Crippen molar-refractivity contribution in [2.45, 2.75) is 38.2 Å². The molecule has 1 aromatic rings. The number of aryl methyl sites for hydroxylation is 2. The van der Waals surface area contributed by atoms with Gasteiger partial charge in [0, 0.05) is 25.9 Å². The number of rotatable bonds is 4. The van der Waals surface area contributed by atoms with Crippen LogP contribution in [-0.2, 0) is 13.5 Å². The zero-order valence-corrected chi connectivity index (χ0v) is 8.90. The van der Waals surface area contributed by atoms with E-state index in [1.165, 1.54) is 12.8 Å². The SMILES string of the molecule is Cn1ccnc1CCC(C)(O)C1CC1. The van der Waals surface area contributed by atoms with E-state index in [0.717, 1.165) is 18.7 Å². The number of nitrogens with zero attached hydrogens (tertiary/aromatic N) is 2. The molecule has 1 aliphatic carbocycles. The Morgan fingerprint density at radius 2 is 2.36 bits per heavy atom. The Morgan fingerprint density at radius 1 is 1.64 bits per heavy atom. The molecular formula is C11H18N2O. The van der Waals surface area contributed by atoms with E-state index in [9.17, 15) is 5.11 Å². The van der Waals surface area contributed by atoms with Crippen molar-refractivity contribution < 1.29 is 5.11 Å². The van der Waals surface area contributed by atoms with Gasteiger partial charge in [-0.15, -0.1) is 0 Å². The second kappa shape index (κ2) is 3.39. The molecule has 1 N–H and O–H groups in total. The minimum absolute atomic E-state index is 0.480. The van der Waals surface area contributed by atoms with E-state index >= 15 is 0 Å². The van der Waals surface area contributed by atoms with Crippen LogP contribution in [0.5, 0.6) is 0 Å². The molecule has 78 valence electrons. The largest absolute Gasteiger partial charge is 0.390 e. The highest BCUT2D eigenvalue weighted by atomic mass is 16.3. The average molecular weight is 194 g/mol. The van der Waals surface area contributed by atoms with Crippen LogP contribution in [0.25, 0.3) is 0 Å². The second-order valence-electron chi connectivity index (χ2n) is 4.59. The van der Waals surface area contributed by atoms with Crippen molar-refractivity contribution >= 4 is 0 Å². The van der Waals surface area contributed by atoms with Crippen LogP contribution in [0.15, 0.2) is 12.4 Å². The average Bonchev–Trinajstić information content (AvgIpc) is 2.89. The van der Waals surface area contributed by atoms with E-state index in [1.807, 2.05) is 24.7 Å². The third-order valence-corrected chi connectivity index (χ3v) is 3.23. The predicted octanol–water partition coefficient (Wildman–Crippen LogP) is 1.51. The topological polar surface area (TPSA) is 38.0 Å². The molecule has 2 rings (SSSR count). The molecule has 1 aromatic heterocycles. The number of aliphatic hydroxyl groups is 1. The van der Waals surface area contributed by atoms with Gasteiger partial charge in [0.1, 0.15) is 5.82 Å². The molecule has 0 aliphatic heterocycles. The number of hydrogen-bond acceptors (Lipinski definition) is 2. The molecule has 3 nitrogen and oxygen atoms in total. The first kappa shape index (κ1) is 9.71. The van der Waals surface area contributed by atoms with Gasteiger partial charge in [-0.2, -0.15) is 0 Å². The molecule has 1 unspecified atom stereocenters. The molecular weight excluding hydrogens is 176 g/mol. The quantitative estimate of drug-likeness (QED) is 0.789. The van der Waals surface area contributed by atoms with Gasteiger partial charge in [-0.3, -0.25) is 0 Å². The molecule has 0 radical (unpaired) electrons. The molecule has 1 fully saturated rings. The van der Waals surface area contributed by atoms with E-state index in [4.69, 9.17) is 0 Å². The molecule has 0 saturated heterocycles. The van der Waals surface area contributed by atoms with Crippen molar-refractivity contribution in [3.63, 3.8) is 0 Å². The smallest absolute Gasteiger partial charge is 0.108 e. The maximum atomic E-state index is 10.1. The molecule has 14 heavy (non-hydrogen) atoms. The normalized spacial score (nSPS) is 20.8. The summed E-state index contributed by atoms with van der Waals surface area (Å²) in [7, 11) is 1.99. The molecule has 0 amide bonds. The van der Waals surface area contributed by atoms with Crippen LogP contribution in [0.1, 0.15) is 32.0 Å². The standard InChI is InChI=1S/C11H18N2O/c1-11(14,9-3-4-9)6-5-10-12-7-8-13(10)2/h7-9,14H,3-6H2,1-2H3. The van der Waals surface area contributed by atoms with Crippen LogP contribution in [0.4, 0.5) is 0 Å². The van der Waals surface area contributed by atoms with Crippen LogP contribution in [0, 0.1) is 5.92 Å². The zero-order chi connectivity index (χ0) is 10.2. The lowest BCUT2D eigenvalue weighted by molar-refractivity contribution is 0.0277. The summed E-state index contributed by atoms with van der Waals surface area (Å²) in [6.45, 7) is 1.95. The molecule has 3 heteroatoms. The van der Waals surface area contributed by atoms with Gasteiger partial charge in [0.15, 0.2) is 0 Å². The monoisotopic (exact) mass is 194 g/mol. The Balaban J connectivity index is 1.90. The molecule has 0 bridgehead atoms. The van der Waals surface area contributed by atoms with Crippen molar-refractivity contribution in [3.05, 3.63) is 18.2 Å². The summed E-state index contributed by atoms with van der Waals surface area (Å²) < 4.78 is 2.02. The molecule has 1 aliphatic rings. The van der Waals surface area contributed by atoms with Gasteiger partial charge in [-0.05, 0) is 32.1 Å². The summed E-state index contributed by atoms with van der Waals surface area (Å²) in [4.78, 5) is 4.25. The van der Waals surface area contributed by atoms with Gasteiger partial charge in [-0.1, -0.05) is 0 Å². The van der Waals surface area contributed by atoms with Crippen LogP contribution >= 0.6 is 0 Å². The van der Waals surface area contributed by atoms with Crippen molar-refractivity contribution in [2.75, 3.05) is 0 Å². The van der Waals surface area contributed by atoms with Gasteiger partial charge in [0.05, 0.1) is 5.60 Å². The van der Waals surface area contributed by atoms with Crippen LogP contribution in [0.3, 0.4) is 0 Å². The summed E-state index contributed by atoms with van der Waals surface area (Å²) in [6, 6.07) is 0. The minimum Gasteiger partial charge on any atom is -0.390 e. The molecule has 1 saturated carbocycles. The Hall–Kier alpha value is -0.830. The minimum atomic E-state index is -0.480. The Labute approximate surface area is 84.8 Å². The Kier molecular flexibility index (Phi) is 2.35. The highest BCUT2D eigenvalue weighted by Crippen LogP contribution is 2.41. The molecule has 0 aromatic carbocycles. The summed E-state index contributed by atoms with van der Waals surface area (Å²) >= 11 is 0. The van der Waals surface area contributed by atoms with Crippen LogP contribution in [-0.4, -0.2) is 20.3 Å². The maximum Gasteiger partial charge on any atom is 0.108 e. The molecule has 1 heterocycles. The van der Waals surface area contributed by atoms with Gasteiger partial charge < -0.3 is 9.67 Å². The number of hydrogen-bond donors (Lipinski definition) is 1. The van der Waals surface area contributed by atoms with Gasteiger partial charge in [0.25, 0.3) is 0 Å². The van der Waals surface area contributed by atoms with E-state index in [1.54, 1.807) is 6.20 Å². The molecule has 1 atom stereocenters. The fourth-order valence-corrected chi connectivity index (χ4v) is 1.91. The number of imidazole rings is 1. The third kappa shape index (κ3) is 1.98. The summed E-state index contributed by atoms with van der Waals surface area (Å²) in [6.07, 6.45) is 7.82. The summed E-state index contributed by atoms with van der Waals surface area (Å²) in [5, 5.41) is 10.1. The zero-order valence-electron chi connectivity index (χ0n) is 8.90. The summed E-state index contributed by atoms with van der Waals surface area (Å²) in [5.41, 5.74) is -0.480. The fraction of sp³-hybridized carbons (Fsp3) is 0.727. The Bertz CT molecular complexity index is 313. The van der Waals surface area contributed by atoms with Gasteiger partial charge >= 0.3 is 0 Å². The van der Waals surface area contributed by atoms with Crippen molar-refractivity contribution in [3.8, 4) is 0 Å². The molecule has 0 spiro atoms. The fourth-order valence-electron chi connectivity index (χ4n) is 1.91. The second-order valence-corrected chi connectivity index (χ2v) is 4.59. The van der Waals surface area contributed by atoms with Gasteiger partial charge in [0.2, 0.25) is 0 Å². The third-order valence-electron chi connectivity index (χ3n) is 3.23. The first-order valence-electron chi connectivity index (χ1n) is 5.28. The highest BCUT2D eigenvalue weighted by Gasteiger charge is 2.39. The van der Waals surface area contributed by atoms with Crippen LogP contribution in [0.2, 0.25) is 0 Å². The lowest BCUT2D eigenvalue weighted by Gasteiger charge is -2.22. The lowest BCUT2D eigenvalue weighted by Crippen LogP contribution is -2.27. The van der Waals surface area contributed by atoms with Crippen molar-refractivity contribution in [1.29, 1.82) is 0 Å². The lowest BCUT2D eigenvalue weighted by atomic mass is 9.94. The van der Waals surface area contributed by atoms with E-state index in [0.29, 0.717) is 5.92 Å². The Morgan fingerprint density at radius 3 is 2.86 bits per heavy atom. The van der Waals surface area contributed by atoms with E-state index < -0.39 is 5.60 Å². The van der Waals surface area contributed by atoms with Crippen LogP contribution < -0.4 is 0 Å². The van der Waals surface area contributed by atoms with E-state index in [-0.39, 0.29) is 0 Å². The van der Waals surface area contributed by atoms with Gasteiger partial charge in [-0.25, -0.2) is 4.98 Å².